The van der Waals surface area contributed by atoms with Crippen LogP contribution in [0.15, 0.2) is 30.3 Å². The summed E-state index contributed by atoms with van der Waals surface area (Å²) in [6, 6.07) is 9.53. The van der Waals surface area contributed by atoms with Crippen LogP contribution in [0.2, 0.25) is 0 Å². The molecule has 24 heavy (non-hydrogen) atoms. The van der Waals surface area contributed by atoms with E-state index in [1.165, 1.54) is 0 Å². The number of amidine groups is 1. The van der Waals surface area contributed by atoms with Gasteiger partial charge in [-0.2, -0.15) is 4.90 Å². The van der Waals surface area contributed by atoms with Gasteiger partial charge in [-0.3, -0.25) is 4.58 Å². The van der Waals surface area contributed by atoms with Gasteiger partial charge in [0.05, 0.1) is 25.7 Å². The normalized spacial score (nSPS) is 14.0. The summed E-state index contributed by atoms with van der Waals surface area (Å²) in [6.07, 6.45) is 0. The first-order valence-corrected chi connectivity index (χ1v) is 26.3. The molecule has 0 aromatic heterocycles. The summed E-state index contributed by atoms with van der Waals surface area (Å²) in [7, 11) is 28.9. The summed E-state index contributed by atoms with van der Waals surface area (Å²) < 4.78 is 1.96. The van der Waals surface area contributed by atoms with E-state index in [1.807, 2.05) is 74.7 Å². The Morgan fingerprint density at radius 3 is 1.67 bits per heavy atom. The van der Waals surface area contributed by atoms with Gasteiger partial charge < -0.3 is 0 Å². The number of hydrogen-bond donors (Lipinski definition) is 0. The fourth-order valence-corrected chi connectivity index (χ4v) is 1.69. The van der Waals surface area contributed by atoms with Crippen molar-refractivity contribution in [3.8, 4) is 0 Å². The number of carbonyl (C=O) groups is 1. The van der Waals surface area contributed by atoms with Gasteiger partial charge >= 0.3 is 68.0 Å². The zero-order chi connectivity index (χ0) is 19.4. The third-order valence-corrected chi connectivity index (χ3v) is 2.75. The summed E-state index contributed by atoms with van der Waals surface area (Å²) in [5.74, 6) is 1.00. The first-order chi connectivity index (χ1) is 10.4. The van der Waals surface area contributed by atoms with E-state index in [1.54, 1.807) is 0 Å². The third-order valence-electron chi connectivity index (χ3n) is 2.75. The monoisotopic (exact) mass is 564 g/mol. The molecular weight excluding hydrogens is 547 g/mol. The van der Waals surface area contributed by atoms with Crippen LogP contribution in [-0.4, -0.2) is 50.5 Å². The number of carbonyl (C=O) groups excluding carboxylic acids is 1. The molecule has 0 spiro atoms. The Kier molecular flexibility index (Phi) is 8.61. The average molecular weight is 568 g/mol. The molecule has 0 fully saturated rings. The molecule has 0 aliphatic carbocycles. The van der Waals surface area contributed by atoms with E-state index in [9.17, 15) is 4.79 Å². The van der Waals surface area contributed by atoms with Crippen molar-refractivity contribution in [2.24, 2.45) is 0 Å². The number of amides is 1. The van der Waals surface area contributed by atoms with Gasteiger partial charge in [-0.05, 0) is 26.0 Å². The van der Waals surface area contributed by atoms with Crippen molar-refractivity contribution in [1.29, 1.82) is 0 Å². The van der Waals surface area contributed by atoms with Crippen LogP contribution in [0.25, 0.3) is 0 Å². The van der Waals surface area contributed by atoms with Crippen LogP contribution >= 0.6 is 53.0 Å². The second kappa shape index (κ2) is 8.29. The molecule has 3 nitrogen and oxygen atoms in total. The van der Waals surface area contributed by atoms with Crippen LogP contribution in [0.1, 0.15) is 31.1 Å². The fourth-order valence-electron chi connectivity index (χ4n) is 1.69. The van der Waals surface area contributed by atoms with Crippen LogP contribution in [-0.2, 0) is 0 Å². The molecule has 1 aromatic rings. The molecule has 0 bridgehead atoms. The van der Waals surface area contributed by atoms with E-state index in [0.717, 1.165) is 11.4 Å². The van der Waals surface area contributed by atoms with Gasteiger partial charge in [0.1, 0.15) is 0 Å². The topological polar surface area (TPSA) is 23.3 Å². The minimum atomic E-state index is -5.42. The second-order valence-electron chi connectivity index (χ2n) is 5.53. The molecule has 0 aliphatic rings. The van der Waals surface area contributed by atoms with Crippen LogP contribution in [0.4, 0.5) is 0 Å². The molecule has 0 aliphatic heterocycles. The summed E-state index contributed by atoms with van der Waals surface area (Å²) in [4.78, 5) is 14.2. The standard InChI is InChI=1S/C14H21N2O.6ClH.Sb/c1-11(2)16(12(3)15(4)5)14(17)13-9-7-6-8-10-13;;;;;;;/h6-11H,1-5H3;6*1H;/q+1;;;;;;;+5/p-6. The number of nitrogens with zero attached hydrogens (tertiary/aromatic N) is 2. The Hall–Kier alpha value is 0.918. The Bertz CT molecular complexity index is 595. The molecule has 1 rings (SSSR count). The van der Waals surface area contributed by atoms with Crippen molar-refractivity contribution in [3.63, 3.8) is 0 Å². The van der Waals surface area contributed by atoms with Crippen molar-refractivity contribution in [2.75, 3.05) is 14.1 Å². The first kappa shape index (κ1) is 24.9. The summed E-state index contributed by atoms with van der Waals surface area (Å²) in [6.45, 7) is 6.00. The molecule has 0 unspecified atom stereocenters. The van der Waals surface area contributed by atoms with Crippen LogP contribution < -0.4 is 0 Å². The molecule has 0 radical (unpaired) electrons. The predicted molar refractivity (Wildman–Crippen MR) is 111 cm³/mol. The molecule has 0 N–H and O–H groups in total. The molecule has 0 saturated carbocycles. The van der Waals surface area contributed by atoms with Gasteiger partial charge in [0.2, 0.25) is 0 Å². The van der Waals surface area contributed by atoms with Crippen LogP contribution in [0.5, 0.6) is 0 Å². The number of hydrogen-bond acceptors (Lipinski definition) is 1. The number of halogens is 6. The van der Waals surface area contributed by atoms with Crippen LogP contribution in [0, 0.1) is 0 Å². The van der Waals surface area contributed by atoms with Crippen molar-refractivity contribution in [3.05, 3.63) is 35.9 Å². The van der Waals surface area contributed by atoms with Crippen LogP contribution in [0.3, 0.4) is 0 Å². The van der Waals surface area contributed by atoms with E-state index >= 15 is 0 Å². The molecule has 0 heterocycles. The molecule has 1 amide bonds. The Morgan fingerprint density at radius 1 is 1.00 bits per heavy atom. The predicted octanol–water partition coefficient (Wildman–Crippen LogP) is 5.98. The van der Waals surface area contributed by atoms with Crippen molar-refractivity contribution >= 4 is 73.9 Å². The zero-order valence-electron chi connectivity index (χ0n) is 14.0. The Labute approximate surface area is 163 Å². The summed E-state index contributed by atoms with van der Waals surface area (Å²) >= 11 is 0. The van der Waals surface area contributed by atoms with E-state index in [-0.39, 0.29) is 11.9 Å². The maximum absolute atomic E-state index is 12.4. The third kappa shape index (κ3) is 13.2. The number of rotatable bonds is 2. The van der Waals surface area contributed by atoms with Crippen molar-refractivity contribution in [1.82, 2.24) is 4.90 Å². The average Bonchev–Trinajstić information content (AvgIpc) is 2.35. The van der Waals surface area contributed by atoms with Gasteiger partial charge in [0.15, 0.2) is 0 Å². The van der Waals surface area contributed by atoms with Crippen molar-refractivity contribution in [2.45, 2.75) is 26.8 Å². The van der Waals surface area contributed by atoms with Gasteiger partial charge in [-0.1, -0.05) is 18.2 Å². The molecule has 140 valence electrons. The molecule has 0 saturated heterocycles. The van der Waals surface area contributed by atoms with Gasteiger partial charge in [0, 0.05) is 6.92 Å². The minimum absolute atomic E-state index is 0.0480. The second-order valence-corrected chi connectivity index (χ2v) is 62.4. The molecule has 0 atom stereocenters. The van der Waals surface area contributed by atoms with E-state index < -0.39 is 9.14 Å². The number of benzene rings is 1. The van der Waals surface area contributed by atoms with E-state index in [2.05, 4.69) is 0 Å². The van der Waals surface area contributed by atoms with E-state index in [4.69, 9.17) is 53.0 Å². The molecule has 10 heteroatoms. The van der Waals surface area contributed by atoms with Gasteiger partial charge in [0.25, 0.3) is 5.84 Å². The van der Waals surface area contributed by atoms with Crippen molar-refractivity contribution < 1.29 is 9.37 Å². The first-order valence-electron chi connectivity index (χ1n) is 6.86. The Morgan fingerprint density at radius 2 is 1.38 bits per heavy atom. The van der Waals surface area contributed by atoms with Gasteiger partial charge in [-0.25, -0.2) is 4.79 Å². The SMILES string of the molecule is CC(N(C(=O)c1ccccc1)C(C)C)=[N+](C)C.[Cl][Sb-]([Cl])([Cl])([Cl])([Cl])[Cl]. The zero-order valence-corrected chi connectivity index (χ0v) is 21.1. The molecular formula is C14H21Cl6N2OSb. The van der Waals surface area contributed by atoms with Gasteiger partial charge in [-0.15, -0.1) is 0 Å². The summed E-state index contributed by atoms with van der Waals surface area (Å²) in [5.41, 5.74) is 0.724. The molecule has 1 aromatic carbocycles. The maximum atomic E-state index is 12.4. The fraction of sp³-hybridized carbons (Fsp3) is 0.429. The Balaban J connectivity index is 0.000000640. The summed E-state index contributed by atoms with van der Waals surface area (Å²) in [5, 5.41) is 0. The van der Waals surface area contributed by atoms with E-state index in [0.29, 0.717) is 0 Å². The quantitative estimate of drug-likeness (QED) is 0.187.